The second-order valence-electron chi connectivity index (χ2n) is 5.19. The van der Waals surface area contributed by atoms with Crippen LogP contribution < -0.4 is 5.32 Å². The lowest BCUT2D eigenvalue weighted by atomic mass is 9.98. The Morgan fingerprint density at radius 1 is 1.33 bits per heavy atom. The number of aryl methyl sites for hydroxylation is 1. The Morgan fingerprint density at radius 2 is 2.00 bits per heavy atom. The monoisotopic (exact) mass is 394 g/mol. The van der Waals surface area contributed by atoms with E-state index in [0.717, 1.165) is 39.0 Å². The van der Waals surface area contributed by atoms with Gasteiger partial charge in [-0.05, 0) is 37.0 Å². The Balaban J connectivity index is 0.00000200. The third-order valence-electron chi connectivity index (χ3n) is 3.75. The van der Waals surface area contributed by atoms with Crippen LogP contribution >= 0.6 is 40.7 Å². The molecule has 2 nitrogen and oxygen atoms in total. The number of hydrogen-bond donors (Lipinski definition) is 1. The first-order valence-electron chi connectivity index (χ1n) is 7.04. The van der Waals surface area contributed by atoms with E-state index in [4.69, 9.17) is 0 Å². The topological polar surface area (TPSA) is 15.3 Å². The summed E-state index contributed by atoms with van der Waals surface area (Å²) in [7, 11) is 0. The first kappa shape index (κ1) is 20.9. The van der Waals surface area contributed by atoms with Crippen LogP contribution in [-0.2, 0) is 0 Å². The SMILES string of the molecule is C=CCC[C@H](c1ccc(C)cc1Br)N1CCNCC1.Cl.Cl. The van der Waals surface area contributed by atoms with Crippen molar-refractivity contribution >= 4 is 40.7 Å². The molecule has 0 radical (unpaired) electrons. The maximum Gasteiger partial charge on any atom is 0.0363 e. The molecule has 0 bridgehead atoms. The van der Waals surface area contributed by atoms with Crippen LogP contribution in [-0.4, -0.2) is 31.1 Å². The summed E-state index contributed by atoms with van der Waals surface area (Å²) in [5.41, 5.74) is 2.72. The minimum Gasteiger partial charge on any atom is -0.314 e. The van der Waals surface area contributed by atoms with Gasteiger partial charge in [-0.1, -0.05) is 34.1 Å². The molecular weight excluding hydrogens is 371 g/mol. The van der Waals surface area contributed by atoms with Gasteiger partial charge >= 0.3 is 0 Å². The zero-order valence-corrected chi connectivity index (χ0v) is 15.7. The molecule has 1 saturated heterocycles. The molecule has 1 atom stereocenters. The Kier molecular flexibility index (Phi) is 10.6. The molecule has 21 heavy (non-hydrogen) atoms. The highest BCUT2D eigenvalue weighted by molar-refractivity contribution is 9.10. The molecule has 0 aromatic heterocycles. The molecule has 1 aliphatic rings. The van der Waals surface area contributed by atoms with Gasteiger partial charge in [-0.25, -0.2) is 0 Å². The molecule has 1 aliphatic heterocycles. The molecule has 120 valence electrons. The predicted molar refractivity (Wildman–Crippen MR) is 100.0 cm³/mol. The van der Waals surface area contributed by atoms with E-state index in [0.29, 0.717) is 6.04 Å². The van der Waals surface area contributed by atoms with Gasteiger partial charge in [0.15, 0.2) is 0 Å². The Labute approximate surface area is 149 Å². The van der Waals surface area contributed by atoms with Gasteiger partial charge in [0.05, 0.1) is 0 Å². The van der Waals surface area contributed by atoms with Gasteiger partial charge in [-0.2, -0.15) is 0 Å². The van der Waals surface area contributed by atoms with Gasteiger partial charge in [0.1, 0.15) is 0 Å². The first-order valence-corrected chi connectivity index (χ1v) is 7.83. The molecule has 1 N–H and O–H groups in total. The largest absolute Gasteiger partial charge is 0.314 e. The van der Waals surface area contributed by atoms with E-state index < -0.39 is 0 Å². The van der Waals surface area contributed by atoms with E-state index in [1.807, 2.05) is 6.08 Å². The number of halogens is 3. The molecule has 0 spiro atoms. The molecular formula is C16H25BrCl2N2. The molecule has 0 amide bonds. The molecule has 1 fully saturated rings. The minimum absolute atomic E-state index is 0. The Bertz CT molecular complexity index is 434. The molecule has 0 aliphatic carbocycles. The minimum atomic E-state index is 0. The van der Waals surface area contributed by atoms with Gasteiger partial charge in [0.2, 0.25) is 0 Å². The van der Waals surface area contributed by atoms with Gasteiger partial charge in [0, 0.05) is 36.7 Å². The van der Waals surface area contributed by atoms with E-state index in [9.17, 15) is 0 Å². The molecule has 1 aromatic carbocycles. The van der Waals surface area contributed by atoms with Crippen molar-refractivity contribution in [3.05, 3.63) is 46.5 Å². The molecule has 0 saturated carbocycles. The molecule has 5 heteroatoms. The van der Waals surface area contributed by atoms with Crippen molar-refractivity contribution in [2.24, 2.45) is 0 Å². The average Bonchev–Trinajstić information content (AvgIpc) is 2.42. The zero-order valence-electron chi connectivity index (χ0n) is 12.5. The lowest BCUT2D eigenvalue weighted by Crippen LogP contribution is -2.45. The summed E-state index contributed by atoms with van der Waals surface area (Å²) in [6, 6.07) is 7.20. The summed E-state index contributed by atoms with van der Waals surface area (Å²) in [5, 5.41) is 3.43. The van der Waals surface area contributed by atoms with Crippen LogP contribution in [0.25, 0.3) is 0 Å². The lowest BCUT2D eigenvalue weighted by Gasteiger charge is -2.35. The predicted octanol–water partition coefficient (Wildman–Crippen LogP) is 4.51. The summed E-state index contributed by atoms with van der Waals surface area (Å²) in [6.07, 6.45) is 4.23. The van der Waals surface area contributed by atoms with E-state index in [-0.39, 0.29) is 24.8 Å². The van der Waals surface area contributed by atoms with E-state index in [2.05, 4.69) is 57.8 Å². The number of benzene rings is 1. The van der Waals surface area contributed by atoms with Crippen LogP contribution in [0.3, 0.4) is 0 Å². The summed E-state index contributed by atoms with van der Waals surface area (Å²) in [6.45, 7) is 10.4. The second-order valence-corrected chi connectivity index (χ2v) is 6.05. The van der Waals surface area contributed by atoms with Crippen molar-refractivity contribution < 1.29 is 0 Å². The molecule has 1 aromatic rings. The first-order chi connectivity index (χ1) is 9.22. The standard InChI is InChI=1S/C16H23BrN2.2ClH/c1-3-4-5-16(19-10-8-18-9-11-19)14-7-6-13(2)12-15(14)17;;/h3,6-7,12,16,18H,1,4-5,8-11H2,2H3;2*1H/t16-;;/m1../s1. The third-order valence-corrected chi connectivity index (χ3v) is 4.44. The highest BCUT2D eigenvalue weighted by Gasteiger charge is 2.23. The van der Waals surface area contributed by atoms with E-state index >= 15 is 0 Å². The van der Waals surface area contributed by atoms with Crippen molar-refractivity contribution in [3.8, 4) is 0 Å². The summed E-state index contributed by atoms with van der Waals surface area (Å²) >= 11 is 3.74. The highest BCUT2D eigenvalue weighted by atomic mass is 79.9. The van der Waals surface area contributed by atoms with E-state index in [1.54, 1.807) is 0 Å². The maximum absolute atomic E-state index is 3.87. The fraction of sp³-hybridized carbons (Fsp3) is 0.500. The summed E-state index contributed by atoms with van der Waals surface area (Å²) < 4.78 is 1.24. The normalized spacial score (nSPS) is 16.5. The van der Waals surface area contributed by atoms with Crippen LogP contribution in [0.2, 0.25) is 0 Å². The van der Waals surface area contributed by atoms with Gasteiger partial charge < -0.3 is 5.32 Å². The van der Waals surface area contributed by atoms with Crippen LogP contribution in [0, 0.1) is 6.92 Å². The van der Waals surface area contributed by atoms with Crippen LogP contribution in [0.4, 0.5) is 0 Å². The number of piperazine rings is 1. The van der Waals surface area contributed by atoms with Crippen molar-refractivity contribution in [1.29, 1.82) is 0 Å². The average molecular weight is 396 g/mol. The molecule has 1 heterocycles. The van der Waals surface area contributed by atoms with Crippen molar-refractivity contribution in [1.82, 2.24) is 10.2 Å². The summed E-state index contributed by atoms with van der Waals surface area (Å²) in [4.78, 5) is 2.59. The van der Waals surface area contributed by atoms with Gasteiger partial charge in [0.25, 0.3) is 0 Å². The van der Waals surface area contributed by atoms with Crippen molar-refractivity contribution in [2.75, 3.05) is 26.2 Å². The van der Waals surface area contributed by atoms with Crippen LogP contribution in [0.15, 0.2) is 35.3 Å². The second kappa shape index (κ2) is 10.6. The van der Waals surface area contributed by atoms with Crippen LogP contribution in [0.5, 0.6) is 0 Å². The van der Waals surface area contributed by atoms with E-state index in [1.165, 1.54) is 15.6 Å². The number of allylic oxidation sites excluding steroid dienone is 1. The lowest BCUT2D eigenvalue weighted by molar-refractivity contribution is 0.165. The fourth-order valence-electron chi connectivity index (χ4n) is 2.71. The van der Waals surface area contributed by atoms with Crippen molar-refractivity contribution in [2.45, 2.75) is 25.8 Å². The number of nitrogens with zero attached hydrogens (tertiary/aromatic N) is 1. The van der Waals surface area contributed by atoms with Gasteiger partial charge in [-0.15, -0.1) is 31.4 Å². The quantitative estimate of drug-likeness (QED) is 0.737. The number of rotatable bonds is 5. The third kappa shape index (κ3) is 5.91. The smallest absolute Gasteiger partial charge is 0.0363 e. The zero-order chi connectivity index (χ0) is 13.7. The summed E-state index contributed by atoms with van der Waals surface area (Å²) in [5.74, 6) is 0. The molecule has 0 unspecified atom stereocenters. The van der Waals surface area contributed by atoms with Crippen molar-refractivity contribution in [3.63, 3.8) is 0 Å². The number of hydrogen-bond acceptors (Lipinski definition) is 2. The van der Waals surface area contributed by atoms with Crippen LogP contribution in [0.1, 0.15) is 30.0 Å². The maximum atomic E-state index is 3.87. The number of nitrogens with one attached hydrogen (secondary N) is 1. The Morgan fingerprint density at radius 3 is 2.57 bits per heavy atom. The Hall–Kier alpha value is -0.0600. The fourth-order valence-corrected chi connectivity index (χ4v) is 3.46. The van der Waals surface area contributed by atoms with Gasteiger partial charge in [-0.3, -0.25) is 4.90 Å². The highest BCUT2D eigenvalue weighted by Crippen LogP contribution is 2.32. The molecule has 2 rings (SSSR count).